The van der Waals surface area contributed by atoms with Crippen molar-refractivity contribution in [2.75, 3.05) is 0 Å². The van der Waals surface area contributed by atoms with E-state index in [2.05, 4.69) is 15.5 Å². The van der Waals surface area contributed by atoms with Gasteiger partial charge in [0.05, 0.1) is 21.7 Å². The average Bonchev–Trinajstić information content (AvgIpc) is 2.49. The molecule has 7 nitrogen and oxygen atoms in total. The van der Waals surface area contributed by atoms with Crippen LogP contribution in [0.1, 0.15) is 15.9 Å². The number of hydrazone groups is 1. The Bertz CT molecular complexity index is 704. The second-order valence-electron chi connectivity index (χ2n) is 3.86. The van der Waals surface area contributed by atoms with E-state index in [0.29, 0.717) is 5.56 Å². The van der Waals surface area contributed by atoms with Crippen LogP contribution in [0.25, 0.3) is 0 Å². The Hall–Kier alpha value is -2.80. The topological polar surface area (TPSA) is 97.5 Å². The van der Waals surface area contributed by atoms with Crippen LogP contribution in [0, 0.1) is 10.1 Å². The summed E-state index contributed by atoms with van der Waals surface area (Å²) < 4.78 is 0. The van der Waals surface area contributed by atoms with E-state index in [1.165, 1.54) is 42.7 Å². The highest BCUT2D eigenvalue weighted by Crippen LogP contribution is 2.24. The smallest absolute Gasteiger partial charge is 0.267 e. The molecule has 106 valence electrons. The average molecular weight is 305 g/mol. The van der Waals surface area contributed by atoms with E-state index in [1.54, 1.807) is 0 Å². The Balaban J connectivity index is 2.16. The molecular formula is C13H9ClN4O3. The molecule has 2 rings (SSSR count). The summed E-state index contributed by atoms with van der Waals surface area (Å²) in [6.45, 7) is 0. The monoisotopic (exact) mass is 304 g/mol. The molecule has 0 bridgehead atoms. The van der Waals surface area contributed by atoms with Crippen molar-refractivity contribution in [3.8, 4) is 0 Å². The standard InChI is InChI=1S/C13H9ClN4O3/c14-11-2-1-3-12(18(20)21)10(11)8-16-17-13(19)9-4-6-15-7-5-9/h1-8H,(H,17,19). The van der Waals surface area contributed by atoms with Gasteiger partial charge in [0.1, 0.15) is 0 Å². The Morgan fingerprint density at radius 2 is 2.05 bits per heavy atom. The van der Waals surface area contributed by atoms with Crippen LogP contribution in [0.5, 0.6) is 0 Å². The molecular weight excluding hydrogens is 296 g/mol. The maximum Gasteiger partial charge on any atom is 0.279 e. The van der Waals surface area contributed by atoms with Crippen LogP contribution in [0.3, 0.4) is 0 Å². The zero-order chi connectivity index (χ0) is 15.2. The van der Waals surface area contributed by atoms with Gasteiger partial charge in [0.25, 0.3) is 11.6 Å². The second kappa shape index (κ2) is 6.58. The van der Waals surface area contributed by atoms with Crippen molar-refractivity contribution in [3.05, 3.63) is 69.0 Å². The molecule has 2 aromatic rings. The Labute approximate surface area is 124 Å². The molecule has 0 unspecified atom stereocenters. The van der Waals surface area contributed by atoms with E-state index >= 15 is 0 Å². The fraction of sp³-hybridized carbons (Fsp3) is 0. The lowest BCUT2D eigenvalue weighted by Crippen LogP contribution is -2.17. The molecule has 0 aliphatic carbocycles. The molecule has 0 aliphatic rings. The summed E-state index contributed by atoms with van der Waals surface area (Å²) in [5, 5.41) is 14.7. The molecule has 0 fully saturated rings. The van der Waals surface area contributed by atoms with Gasteiger partial charge in [-0.3, -0.25) is 19.9 Å². The highest BCUT2D eigenvalue weighted by Gasteiger charge is 2.14. The fourth-order valence-corrected chi connectivity index (χ4v) is 1.75. The second-order valence-corrected chi connectivity index (χ2v) is 4.27. The minimum atomic E-state index is -0.572. The summed E-state index contributed by atoms with van der Waals surface area (Å²) in [7, 11) is 0. The maximum atomic E-state index is 11.7. The summed E-state index contributed by atoms with van der Waals surface area (Å²) in [5.41, 5.74) is 2.57. The quantitative estimate of drug-likeness (QED) is 0.533. The summed E-state index contributed by atoms with van der Waals surface area (Å²) in [6.07, 6.45) is 4.08. The van der Waals surface area contributed by atoms with E-state index in [-0.39, 0.29) is 16.3 Å². The fourth-order valence-electron chi connectivity index (χ4n) is 1.54. The number of carbonyl (C=O) groups is 1. The molecule has 0 radical (unpaired) electrons. The number of nitrogens with one attached hydrogen (secondary N) is 1. The molecule has 1 N–H and O–H groups in total. The van der Waals surface area contributed by atoms with Gasteiger partial charge in [0, 0.05) is 24.0 Å². The highest BCUT2D eigenvalue weighted by atomic mass is 35.5. The van der Waals surface area contributed by atoms with E-state index in [0.717, 1.165) is 6.21 Å². The third kappa shape index (κ3) is 3.61. The lowest BCUT2D eigenvalue weighted by molar-refractivity contribution is -0.385. The molecule has 0 saturated carbocycles. The first kappa shape index (κ1) is 14.6. The van der Waals surface area contributed by atoms with Crippen molar-refractivity contribution in [2.24, 2.45) is 5.10 Å². The molecule has 8 heteroatoms. The van der Waals surface area contributed by atoms with Crippen LogP contribution in [-0.4, -0.2) is 22.0 Å². The minimum absolute atomic E-state index is 0.124. The predicted molar refractivity (Wildman–Crippen MR) is 77.4 cm³/mol. The van der Waals surface area contributed by atoms with E-state index in [9.17, 15) is 14.9 Å². The molecule has 1 amide bonds. The predicted octanol–water partition coefficient (Wildman–Crippen LogP) is 2.41. The van der Waals surface area contributed by atoms with Gasteiger partial charge in [-0.2, -0.15) is 5.10 Å². The van der Waals surface area contributed by atoms with Gasteiger partial charge in [-0.25, -0.2) is 5.43 Å². The molecule has 21 heavy (non-hydrogen) atoms. The van der Waals surface area contributed by atoms with Crippen LogP contribution in [0.2, 0.25) is 5.02 Å². The number of halogens is 1. The van der Waals surface area contributed by atoms with E-state index in [4.69, 9.17) is 11.6 Å². The highest BCUT2D eigenvalue weighted by molar-refractivity contribution is 6.33. The van der Waals surface area contributed by atoms with Gasteiger partial charge < -0.3 is 0 Å². The Kier molecular flexibility index (Phi) is 4.57. The number of benzene rings is 1. The van der Waals surface area contributed by atoms with Crippen LogP contribution in [0.4, 0.5) is 5.69 Å². The number of amides is 1. The number of nitrogens with zero attached hydrogens (tertiary/aromatic N) is 3. The number of nitro benzene ring substituents is 1. The first-order valence-corrected chi connectivity index (χ1v) is 6.13. The van der Waals surface area contributed by atoms with Gasteiger partial charge in [-0.15, -0.1) is 0 Å². The summed E-state index contributed by atoms with van der Waals surface area (Å²) in [5.74, 6) is -0.455. The Morgan fingerprint density at radius 3 is 2.71 bits per heavy atom. The molecule has 0 aliphatic heterocycles. The van der Waals surface area contributed by atoms with Gasteiger partial charge in [-0.1, -0.05) is 17.7 Å². The summed E-state index contributed by atoms with van der Waals surface area (Å²) >= 11 is 5.89. The van der Waals surface area contributed by atoms with Crippen LogP contribution >= 0.6 is 11.6 Å². The molecule has 1 heterocycles. The lowest BCUT2D eigenvalue weighted by atomic mass is 10.2. The van der Waals surface area contributed by atoms with Crippen molar-refractivity contribution in [1.29, 1.82) is 0 Å². The minimum Gasteiger partial charge on any atom is -0.267 e. The molecule has 1 aromatic heterocycles. The SMILES string of the molecule is O=C(NN=Cc1c(Cl)cccc1[N+](=O)[O-])c1ccncc1. The number of hydrogen-bond acceptors (Lipinski definition) is 5. The third-order valence-electron chi connectivity index (χ3n) is 2.53. The number of carbonyl (C=O) groups excluding carboxylic acids is 1. The zero-order valence-corrected chi connectivity index (χ0v) is 11.3. The van der Waals surface area contributed by atoms with Crippen LogP contribution in [-0.2, 0) is 0 Å². The molecule has 0 spiro atoms. The van der Waals surface area contributed by atoms with Crippen molar-refractivity contribution in [1.82, 2.24) is 10.4 Å². The number of aromatic nitrogens is 1. The van der Waals surface area contributed by atoms with Crippen molar-refractivity contribution in [3.63, 3.8) is 0 Å². The Morgan fingerprint density at radius 1 is 1.33 bits per heavy atom. The largest absolute Gasteiger partial charge is 0.279 e. The third-order valence-corrected chi connectivity index (χ3v) is 2.86. The number of pyridine rings is 1. The number of nitro groups is 1. The number of rotatable bonds is 4. The molecule has 1 aromatic carbocycles. The summed E-state index contributed by atoms with van der Waals surface area (Å²) in [6, 6.07) is 7.30. The van der Waals surface area contributed by atoms with E-state index in [1.807, 2.05) is 0 Å². The van der Waals surface area contributed by atoms with Crippen LogP contribution in [0.15, 0.2) is 47.8 Å². The number of hydrogen-bond donors (Lipinski definition) is 1. The first-order chi connectivity index (χ1) is 10.1. The van der Waals surface area contributed by atoms with Crippen molar-refractivity contribution >= 4 is 29.4 Å². The van der Waals surface area contributed by atoms with Gasteiger partial charge in [-0.05, 0) is 18.2 Å². The van der Waals surface area contributed by atoms with Crippen molar-refractivity contribution < 1.29 is 9.72 Å². The normalized spacial score (nSPS) is 10.5. The zero-order valence-electron chi connectivity index (χ0n) is 10.6. The molecule has 0 saturated heterocycles. The molecule has 0 atom stereocenters. The van der Waals surface area contributed by atoms with Gasteiger partial charge >= 0.3 is 0 Å². The maximum absolute atomic E-state index is 11.7. The lowest BCUT2D eigenvalue weighted by Gasteiger charge is -2.01. The first-order valence-electron chi connectivity index (χ1n) is 5.76. The summed E-state index contributed by atoms with van der Waals surface area (Å²) in [4.78, 5) is 25.8. The van der Waals surface area contributed by atoms with E-state index < -0.39 is 10.8 Å². The van der Waals surface area contributed by atoms with Gasteiger partial charge in [0.2, 0.25) is 0 Å². The van der Waals surface area contributed by atoms with Crippen LogP contribution < -0.4 is 5.43 Å². The van der Waals surface area contributed by atoms with Gasteiger partial charge in [0.15, 0.2) is 0 Å². The van der Waals surface area contributed by atoms with Crippen molar-refractivity contribution in [2.45, 2.75) is 0 Å².